The van der Waals surface area contributed by atoms with Crippen molar-refractivity contribution in [2.24, 2.45) is 5.41 Å². The van der Waals surface area contributed by atoms with E-state index in [1.54, 1.807) is 6.20 Å². The van der Waals surface area contributed by atoms with Gasteiger partial charge in [0.05, 0.1) is 17.4 Å². The Kier molecular flexibility index (Phi) is 4.47. The van der Waals surface area contributed by atoms with Gasteiger partial charge >= 0.3 is 0 Å². The Bertz CT molecular complexity index is 1020. The molecule has 1 spiro atoms. The van der Waals surface area contributed by atoms with Crippen molar-refractivity contribution >= 4 is 22.4 Å². The predicted octanol–water partition coefficient (Wildman–Crippen LogP) is 2.32. The SMILES string of the molecule is CN1CCN(c2cc3c(N4CCC5(CCC5)CC4)c(C#N)c(=O)[nH]c3cn2)CC1. The third kappa shape index (κ3) is 3.16. The number of piperidine rings is 1. The Morgan fingerprint density at radius 3 is 2.41 bits per heavy atom. The van der Waals surface area contributed by atoms with E-state index in [2.05, 4.69) is 43.9 Å². The fourth-order valence-electron chi connectivity index (χ4n) is 5.19. The molecule has 2 aliphatic heterocycles. The zero-order chi connectivity index (χ0) is 20.0. The van der Waals surface area contributed by atoms with Crippen molar-refractivity contribution in [2.45, 2.75) is 32.1 Å². The average Bonchev–Trinajstić information content (AvgIpc) is 2.72. The first-order chi connectivity index (χ1) is 14.1. The molecule has 0 aromatic carbocycles. The van der Waals surface area contributed by atoms with E-state index in [9.17, 15) is 10.1 Å². The number of piperazine rings is 1. The molecular weight excluding hydrogens is 364 g/mol. The van der Waals surface area contributed by atoms with Crippen LogP contribution in [0.25, 0.3) is 10.9 Å². The molecule has 2 aromatic heterocycles. The Balaban J connectivity index is 1.55. The molecule has 1 saturated carbocycles. The number of nitrogens with zero attached hydrogens (tertiary/aromatic N) is 5. The Hall–Kier alpha value is -2.59. The van der Waals surface area contributed by atoms with Crippen LogP contribution < -0.4 is 15.4 Å². The first-order valence-corrected chi connectivity index (χ1v) is 10.7. The van der Waals surface area contributed by atoms with Gasteiger partial charge in [-0.05, 0) is 44.2 Å². The molecule has 3 aliphatic rings. The quantitative estimate of drug-likeness (QED) is 0.845. The molecule has 0 unspecified atom stereocenters. The summed E-state index contributed by atoms with van der Waals surface area (Å²) in [7, 11) is 2.14. The smallest absolute Gasteiger partial charge is 0.268 e. The minimum absolute atomic E-state index is 0.234. The minimum atomic E-state index is -0.312. The van der Waals surface area contributed by atoms with Gasteiger partial charge in [-0.3, -0.25) is 4.79 Å². The van der Waals surface area contributed by atoms with Crippen molar-refractivity contribution in [3.63, 3.8) is 0 Å². The number of fused-ring (bicyclic) bond motifs is 1. The van der Waals surface area contributed by atoms with Crippen LogP contribution in [0.2, 0.25) is 0 Å². The standard InChI is InChI=1S/C22H28N6O/c1-26-9-11-27(12-10-26)19-13-16-18(15-24-19)25-21(29)17(14-23)20(16)28-7-5-22(6-8-28)3-2-4-22/h13,15H,2-12H2,1H3,(H,25,29). The molecule has 0 atom stereocenters. The lowest BCUT2D eigenvalue weighted by Crippen LogP contribution is -2.45. The minimum Gasteiger partial charge on any atom is -0.370 e. The third-order valence-electron chi connectivity index (χ3n) is 7.35. The van der Waals surface area contributed by atoms with Crippen molar-refractivity contribution in [3.8, 4) is 6.07 Å². The molecular formula is C22H28N6O. The highest BCUT2D eigenvalue weighted by Crippen LogP contribution is 2.49. The maximum atomic E-state index is 12.6. The average molecular weight is 393 g/mol. The summed E-state index contributed by atoms with van der Waals surface area (Å²) in [6, 6.07) is 4.25. The van der Waals surface area contributed by atoms with Gasteiger partial charge in [0.2, 0.25) is 0 Å². The first kappa shape index (κ1) is 18.4. The van der Waals surface area contributed by atoms with Crippen LogP contribution in [0.15, 0.2) is 17.1 Å². The van der Waals surface area contributed by atoms with Gasteiger partial charge in [-0.15, -0.1) is 0 Å². The topological polar surface area (TPSA) is 79.3 Å². The molecule has 1 N–H and O–H groups in total. The van der Waals surface area contributed by atoms with Crippen molar-refractivity contribution < 1.29 is 0 Å². The number of hydrogen-bond acceptors (Lipinski definition) is 6. The Morgan fingerprint density at radius 1 is 1.07 bits per heavy atom. The van der Waals surface area contributed by atoms with E-state index in [-0.39, 0.29) is 11.1 Å². The van der Waals surface area contributed by atoms with E-state index in [0.29, 0.717) is 10.9 Å². The normalized spacial score (nSPS) is 21.9. The van der Waals surface area contributed by atoms with Crippen molar-refractivity contribution in [1.82, 2.24) is 14.9 Å². The summed E-state index contributed by atoms with van der Waals surface area (Å²) in [5.41, 5.74) is 1.96. The molecule has 7 heteroatoms. The lowest BCUT2D eigenvalue weighted by molar-refractivity contribution is 0.0956. The van der Waals surface area contributed by atoms with Crippen molar-refractivity contribution in [3.05, 3.63) is 28.2 Å². The van der Waals surface area contributed by atoms with Crippen LogP contribution in [-0.4, -0.2) is 61.2 Å². The number of nitriles is 1. The number of H-pyrrole nitrogens is 1. The second kappa shape index (κ2) is 7.03. The monoisotopic (exact) mass is 392 g/mol. The number of hydrogen-bond donors (Lipinski definition) is 1. The highest BCUT2D eigenvalue weighted by atomic mass is 16.1. The predicted molar refractivity (Wildman–Crippen MR) is 115 cm³/mol. The first-order valence-electron chi connectivity index (χ1n) is 10.7. The molecule has 5 rings (SSSR count). The van der Waals surface area contributed by atoms with Gasteiger partial charge in [0, 0.05) is 44.7 Å². The highest BCUT2D eigenvalue weighted by molar-refractivity contribution is 5.95. The summed E-state index contributed by atoms with van der Waals surface area (Å²) >= 11 is 0. The molecule has 2 saturated heterocycles. The fraction of sp³-hybridized carbons (Fsp3) is 0.591. The largest absolute Gasteiger partial charge is 0.370 e. The molecule has 3 fully saturated rings. The number of aromatic amines is 1. The molecule has 152 valence electrons. The van der Waals surface area contributed by atoms with Gasteiger partial charge in [0.1, 0.15) is 17.5 Å². The van der Waals surface area contributed by atoms with Gasteiger partial charge in [-0.1, -0.05) is 6.42 Å². The lowest BCUT2D eigenvalue weighted by Gasteiger charge is -2.48. The van der Waals surface area contributed by atoms with E-state index >= 15 is 0 Å². The lowest BCUT2D eigenvalue weighted by atomic mass is 9.63. The molecule has 1 aliphatic carbocycles. The summed E-state index contributed by atoms with van der Waals surface area (Å²) in [6.07, 6.45) is 8.08. The molecule has 2 aromatic rings. The van der Waals surface area contributed by atoms with E-state index < -0.39 is 0 Å². The number of aromatic nitrogens is 2. The third-order valence-corrected chi connectivity index (χ3v) is 7.35. The summed E-state index contributed by atoms with van der Waals surface area (Å²) in [5.74, 6) is 0.926. The summed E-state index contributed by atoms with van der Waals surface area (Å²) < 4.78 is 0. The van der Waals surface area contributed by atoms with E-state index in [1.807, 2.05) is 0 Å². The number of nitrogens with one attached hydrogen (secondary N) is 1. The molecule has 0 radical (unpaired) electrons. The van der Waals surface area contributed by atoms with Crippen molar-refractivity contribution in [2.75, 3.05) is 56.1 Å². The van der Waals surface area contributed by atoms with Crippen LogP contribution in [0.1, 0.15) is 37.7 Å². The fourth-order valence-corrected chi connectivity index (χ4v) is 5.19. The zero-order valence-corrected chi connectivity index (χ0v) is 17.1. The number of likely N-dealkylation sites (N-methyl/N-ethyl adjacent to an activating group) is 1. The summed E-state index contributed by atoms with van der Waals surface area (Å²) in [4.78, 5) is 27.0. The molecule has 4 heterocycles. The van der Waals surface area contributed by atoms with Gasteiger partial charge in [0.25, 0.3) is 5.56 Å². The van der Waals surface area contributed by atoms with Gasteiger partial charge in [-0.25, -0.2) is 4.98 Å². The summed E-state index contributed by atoms with van der Waals surface area (Å²) in [6.45, 7) is 5.72. The number of rotatable bonds is 2. The summed E-state index contributed by atoms with van der Waals surface area (Å²) in [5, 5.41) is 10.7. The van der Waals surface area contributed by atoms with Gasteiger partial charge in [0.15, 0.2) is 0 Å². The van der Waals surface area contributed by atoms with Crippen LogP contribution in [0.5, 0.6) is 0 Å². The molecule has 7 nitrogen and oxygen atoms in total. The maximum Gasteiger partial charge on any atom is 0.268 e. The van der Waals surface area contributed by atoms with E-state index in [4.69, 9.17) is 0 Å². The van der Waals surface area contributed by atoms with Crippen LogP contribution >= 0.6 is 0 Å². The van der Waals surface area contributed by atoms with Gasteiger partial charge in [-0.2, -0.15) is 5.26 Å². The number of anilines is 2. The molecule has 0 amide bonds. The highest BCUT2D eigenvalue weighted by Gasteiger charge is 2.40. The zero-order valence-electron chi connectivity index (χ0n) is 17.1. The number of pyridine rings is 2. The van der Waals surface area contributed by atoms with E-state index in [1.165, 1.54) is 19.3 Å². The molecule has 29 heavy (non-hydrogen) atoms. The maximum absolute atomic E-state index is 12.6. The van der Waals surface area contributed by atoms with Gasteiger partial charge < -0.3 is 19.7 Å². The van der Waals surface area contributed by atoms with Crippen LogP contribution in [0, 0.1) is 16.7 Å². The van der Waals surface area contributed by atoms with Crippen molar-refractivity contribution in [1.29, 1.82) is 5.26 Å². The van der Waals surface area contributed by atoms with Crippen LogP contribution in [0.3, 0.4) is 0 Å². The Morgan fingerprint density at radius 2 is 1.79 bits per heavy atom. The van der Waals surface area contributed by atoms with E-state index in [0.717, 1.165) is 69.0 Å². The second-order valence-corrected chi connectivity index (χ2v) is 9.01. The second-order valence-electron chi connectivity index (χ2n) is 9.01. The molecule has 0 bridgehead atoms. The van der Waals surface area contributed by atoms with Crippen LogP contribution in [0.4, 0.5) is 11.5 Å². The van der Waals surface area contributed by atoms with Crippen LogP contribution in [-0.2, 0) is 0 Å². The Labute approximate surface area is 170 Å².